The van der Waals surface area contributed by atoms with Crippen molar-refractivity contribution in [3.63, 3.8) is 0 Å². The van der Waals surface area contributed by atoms with Crippen LogP contribution in [0.1, 0.15) is 44.2 Å². The lowest BCUT2D eigenvalue weighted by Crippen LogP contribution is -2.44. The van der Waals surface area contributed by atoms with Crippen LogP contribution >= 0.6 is 0 Å². The van der Waals surface area contributed by atoms with Crippen LogP contribution in [0, 0.1) is 11.3 Å². The minimum absolute atomic E-state index is 0.248. The van der Waals surface area contributed by atoms with E-state index in [1.165, 1.54) is 0 Å². The minimum Gasteiger partial charge on any atom is -0.381 e. The Bertz CT molecular complexity index is 1150. The highest BCUT2D eigenvalue weighted by atomic mass is 15.3. The summed E-state index contributed by atoms with van der Waals surface area (Å²) in [5, 5.41) is 20.7. The zero-order chi connectivity index (χ0) is 23.5. The van der Waals surface area contributed by atoms with Crippen LogP contribution in [-0.4, -0.2) is 56.4 Å². The lowest BCUT2D eigenvalue weighted by atomic mass is 9.87. The van der Waals surface area contributed by atoms with Gasteiger partial charge in [0.15, 0.2) is 0 Å². The Morgan fingerprint density at radius 2 is 1.88 bits per heavy atom. The number of hydrogen-bond acceptors (Lipinski definition) is 8. The highest BCUT2D eigenvalue weighted by Gasteiger charge is 2.26. The van der Waals surface area contributed by atoms with Gasteiger partial charge < -0.3 is 21.3 Å². The first-order valence-corrected chi connectivity index (χ1v) is 12.0. The number of rotatable bonds is 7. The van der Waals surface area contributed by atoms with Crippen LogP contribution in [0.25, 0.3) is 11.1 Å². The first-order valence-electron chi connectivity index (χ1n) is 12.0. The quantitative estimate of drug-likeness (QED) is 0.493. The summed E-state index contributed by atoms with van der Waals surface area (Å²) in [7, 11) is 0. The molecule has 1 aromatic carbocycles. The van der Waals surface area contributed by atoms with Gasteiger partial charge >= 0.3 is 0 Å². The molecule has 3 aromatic rings. The molecule has 0 radical (unpaired) electrons. The second-order valence-corrected chi connectivity index (χ2v) is 9.24. The Hall–Kier alpha value is -3.48. The van der Waals surface area contributed by atoms with Gasteiger partial charge in [-0.2, -0.15) is 10.4 Å². The number of nitrogens with two attached hydrogens (primary N) is 1. The summed E-state index contributed by atoms with van der Waals surface area (Å²) in [6.45, 7) is 5.58. The van der Waals surface area contributed by atoms with Crippen LogP contribution < -0.4 is 16.4 Å². The van der Waals surface area contributed by atoms with E-state index in [9.17, 15) is 5.26 Å². The predicted molar refractivity (Wildman–Crippen MR) is 133 cm³/mol. The molecule has 1 aliphatic carbocycles. The Morgan fingerprint density at radius 1 is 1.12 bits per heavy atom. The molecular weight excluding hydrogens is 426 g/mol. The van der Waals surface area contributed by atoms with E-state index in [-0.39, 0.29) is 6.04 Å². The molecule has 1 saturated carbocycles. The van der Waals surface area contributed by atoms with Gasteiger partial charge in [0.05, 0.1) is 23.5 Å². The molecule has 5 rings (SSSR count). The third kappa shape index (κ3) is 4.88. The fourth-order valence-electron chi connectivity index (χ4n) is 4.70. The van der Waals surface area contributed by atoms with E-state index in [1.807, 2.05) is 30.7 Å². The summed E-state index contributed by atoms with van der Waals surface area (Å²) in [4.78, 5) is 11.5. The molecule has 1 saturated heterocycles. The average molecular weight is 458 g/mol. The van der Waals surface area contributed by atoms with Gasteiger partial charge in [0.1, 0.15) is 6.07 Å². The van der Waals surface area contributed by atoms with E-state index >= 15 is 0 Å². The number of nitrogens with zero attached hydrogens (tertiary/aromatic N) is 6. The number of benzene rings is 1. The topological polar surface area (TPSA) is 121 Å². The molecule has 9 heteroatoms. The Labute approximate surface area is 200 Å². The first-order chi connectivity index (χ1) is 16.6. The van der Waals surface area contributed by atoms with Crippen LogP contribution in [0.3, 0.4) is 0 Å². The van der Waals surface area contributed by atoms with Gasteiger partial charge in [-0.1, -0.05) is 6.92 Å². The fourth-order valence-corrected chi connectivity index (χ4v) is 4.70. The van der Waals surface area contributed by atoms with E-state index in [0.29, 0.717) is 23.6 Å². The molecule has 2 aliphatic rings. The number of likely N-dealkylation sites (tertiary alicyclic amines) is 1. The second-order valence-electron chi connectivity index (χ2n) is 9.24. The smallest absolute Gasteiger partial charge is 0.227 e. The lowest BCUT2D eigenvalue weighted by molar-refractivity contribution is 0.187. The summed E-state index contributed by atoms with van der Waals surface area (Å²) in [5.74, 6) is 0.504. The largest absolute Gasteiger partial charge is 0.381 e. The van der Waals surface area contributed by atoms with E-state index in [1.54, 1.807) is 6.07 Å². The van der Waals surface area contributed by atoms with Gasteiger partial charge in [-0.05, 0) is 50.4 Å². The van der Waals surface area contributed by atoms with Crippen LogP contribution in [0.2, 0.25) is 0 Å². The van der Waals surface area contributed by atoms with Crippen molar-refractivity contribution in [2.24, 2.45) is 5.73 Å². The second kappa shape index (κ2) is 9.79. The standard InChI is InChI=1S/C25H31N9/c1-2-33-7-5-23(6-8-33)34-16-19(15-30-34)18-13-28-25(29-14-18)32-21-4-3-17(12-26)24(11-21)31-22-9-20(27)10-22/h3-4,11,13-16,20,22-23,31H,2,5-10,27H2,1H3,(H,28,29,32). The van der Waals surface area contributed by atoms with E-state index in [0.717, 1.165) is 67.8 Å². The Kier molecular flexibility index (Phi) is 6.43. The monoisotopic (exact) mass is 457 g/mol. The summed E-state index contributed by atoms with van der Waals surface area (Å²) >= 11 is 0. The molecule has 34 heavy (non-hydrogen) atoms. The van der Waals surface area contributed by atoms with E-state index in [2.05, 4.69) is 54.5 Å². The molecule has 4 N–H and O–H groups in total. The van der Waals surface area contributed by atoms with Crippen LogP contribution in [-0.2, 0) is 0 Å². The van der Waals surface area contributed by atoms with Crippen molar-refractivity contribution in [1.29, 1.82) is 5.26 Å². The van der Waals surface area contributed by atoms with Crippen LogP contribution in [0.15, 0.2) is 43.0 Å². The highest BCUT2D eigenvalue weighted by molar-refractivity contribution is 5.68. The molecule has 2 fully saturated rings. The van der Waals surface area contributed by atoms with Crippen molar-refractivity contribution in [1.82, 2.24) is 24.6 Å². The van der Waals surface area contributed by atoms with Gasteiger partial charge in [-0.25, -0.2) is 9.97 Å². The predicted octanol–water partition coefficient (Wildman–Crippen LogP) is 3.51. The molecule has 0 unspecified atom stereocenters. The van der Waals surface area contributed by atoms with Crippen molar-refractivity contribution in [3.8, 4) is 17.2 Å². The van der Waals surface area contributed by atoms with Crippen LogP contribution in [0.5, 0.6) is 0 Å². The van der Waals surface area contributed by atoms with Crippen molar-refractivity contribution in [3.05, 3.63) is 48.5 Å². The minimum atomic E-state index is 0.248. The number of nitrogens with one attached hydrogen (secondary N) is 2. The normalized spacial score (nSPS) is 21.0. The summed E-state index contributed by atoms with van der Waals surface area (Å²) in [6.07, 6.45) is 11.7. The van der Waals surface area contributed by atoms with Gasteiger partial charge in [0, 0.05) is 60.6 Å². The first kappa shape index (κ1) is 22.3. The van der Waals surface area contributed by atoms with Gasteiger partial charge in [-0.3, -0.25) is 4.68 Å². The molecule has 2 aromatic heterocycles. The summed E-state index contributed by atoms with van der Waals surface area (Å²) in [5.41, 5.74) is 10.1. The Morgan fingerprint density at radius 3 is 2.56 bits per heavy atom. The molecule has 3 heterocycles. The number of aromatic nitrogens is 4. The van der Waals surface area contributed by atoms with Crippen molar-refractivity contribution < 1.29 is 0 Å². The molecule has 0 atom stereocenters. The highest BCUT2D eigenvalue weighted by Crippen LogP contribution is 2.28. The molecule has 176 valence electrons. The maximum atomic E-state index is 9.43. The number of nitriles is 1. The molecule has 0 spiro atoms. The van der Waals surface area contributed by atoms with Gasteiger partial charge in [-0.15, -0.1) is 0 Å². The Balaban J connectivity index is 1.24. The van der Waals surface area contributed by atoms with E-state index < -0.39 is 0 Å². The van der Waals surface area contributed by atoms with Crippen molar-refractivity contribution >= 4 is 17.3 Å². The van der Waals surface area contributed by atoms with Crippen molar-refractivity contribution in [2.45, 2.75) is 50.7 Å². The summed E-state index contributed by atoms with van der Waals surface area (Å²) in [6, 6.07) is 8.85. The summed E-state index contributed by atoms with van der Waals surface area (Å²) < 4.78 is 2.09. The average Bonchev–Trinajstić information content (AvgIpc) is 3.34. The maximum absolute atomic E-state index is 9.43. The van der Waals surface area contributed by atoms with E-state index in [4.69, 9.17) is 5.73 Å². The number of hydrogen-bond donors (Lipinski definition) is 3. The molecule has 1 aliphatic heterocycles. The van der Waals surface area contributed by atoms with Gasteiger partial charge in [0.25, 0.3) is 0 Å². The molecule has 0 bridgehead atoms. The third-order valence-corrected chi connectivity index (χ3v) is 6.90. The molecular formula is C25H31N9. The SMILES string of the molecule is CCN1CCC(n2cc(-c3cnc(Nc4ccc(C#N)c(NC5CC(N)C5)c4)nc3)cn2)CC1. The maximum Gasteiger partial charge on any atom is 0.227 e. The lowest BCUT2D eigenvalue weighted by Gasteiger charge is -2.34. The van der Waals surface area contributed by atoms with Crippen LogP contribution in [0.4, 0.5) is 17.3 Å². The zero-order valence-corrected chi connectivity index (χ0v) is 19.5. The molecule has 0 amide bonds. The number of piperidine rings is 1. The third-order valence-electron chi connectivity index (χ3n) is 6.90. The van der Waals surface area contributed by atoms with Gasteiger partial charge in [0.2, 0.25) is 5.95 Å². The molecule has 9 nitrogen and oxygen atoms in total. The number of anilines is 3. The zero-order valence-electron chi connectivity index (χ0n) is 19.5. The fraction of sp³-hybridized carbons (Fsp3) is 0.440. The van der Waals surface area contributed by atoms with Crippen molar-refractivity contribution in [2.75, 3.05) is 30.3 Å².